The van der Waals surface area contributed by atoms with Gasteiger partial charge in [0.05, 0.1) is 17.4 Å². The second-order valence-electron chi connectivity index (χ2n) is 5.61. The Hall–Kier alpha value is -0.437. The third-order valence-electron chi connectivity index (χ3n) is 5.26. The van der Waals surface area contributed by atoms with E-state index in [1.807, 2.05) is 0 Å². The van der Waals surface area contributed by atoms with E-state index < -0.39 is 17.4 Å². The summed E-state index contributed by atoms with van der Waals surface area (Å²) in [6.45, 7) is 0. The van der Waals surface area contributed by atoms with E-state index in [4.69, 9.17) is 0 Å². The molecule has 0 heterocycles. The van der Waals surface area contributed by atoms with Gasteiger partial charge in [-0.15, -0.1) is 0 Å². The molecule has 0 N–H and O–H groups in total. The van der Waals surface area contributed by atoms with Gasteiger partial charge in [-0.25, -0.2) is 0 Å². The summed E-state index contributed by atoms with van der Waals surface area (Å²) in [5.41, 5.74) is -1.69. The maximum atomic E-state index is 11.3. The molecule has 0 aromatic rings. The van der Waals surface area contributed by atoms with Gasteiger partial charge in [-0.3, -0.25) is 0 Å². The molecule has 2 bridgehead atoms. The molecule has 3 rings (SSSR count). The van der Waals surface area contributed by atoms with Crippen LogP contribution in [-0.2, 0) is 29.1 Å². The van der Waals surface area contributed by atoms with Gasteiger partial charge in [0.2, 0.25) is 0 Å². The third-order valence-corrected chi connectivity index (χ3v) is 5.26. The number of aliphatic carboxylic acids is 2. The Balaban J connectivity index is 0.00000108. The molecule has 0 saturated heterocycles. The Kier molecular flexibility index (Phi) is 3.10. The van der Waals surface area contributed by atoms with Gasteiger partial charge >= 0.3 is 0 Å². The van der Waals surface area contributed by atoms with Gasteiger partial charge in [-0.2, -0.15) is 0 Å². The van der Waals surface area contributed by atoms with Crippen molar-refractivity contribution >= 4 is 11.9 Å². The fraction of sp³-hybridized carbons (Fsp3) is 0.833. The Morgan fingerprint density at radius 2 is 1.59 bits per heavy atom. The van der Waals surface area contributed by atoms with E-state index in [1.165, 1.54) is 0 Å². The smallest absolute Gasteiger partial charge is 0.0535 e. The predicted molar refractivity (Wildman–Crippen MR) is 49.5 cm³/mol. The zero-order valence-corrected chi connectivity index (χ0v) is 12.7. The quantitative estimate of drug-likeness (QED) is 0.478. The van der Waals surface area contributed by atoms with E-state index in [0.717, 1.165) is 19.3 Å². The van der Waals surface area contributed by atoms with E-state index in [1.54, 1.807) is 0 Å². The van der Waals surface area contributed by atoms with Gasteiger partial charge in [0, 0.05) is 19.5 Å². The average Bonchev–Trinajstić information content (AvgIpc) is 2.89. The molecule has 0 radical (unpaired) electrons. The van der Waals surface area contributed by atoms with Crippen molar-refractivity contribution < 1.29 is 39.3 Å². The number of hydrogen-bond donors (Lipinski definition) is 0. The molecule has 0 aromatic carbocycles. The summed E-state index contributed by atoms with van der Waals surface area (Å²) >= 11 is 0. The van der Waals surface area contributed by atoms with Gasteiger partial charge in [0.15, 0.2) is 0 Å². The van der Waals surface area contributed by atoms with Gasteiger partial charge < -0.3 is 19.8 Å². The molecule has 3 fully saturated rings. The van der Waals surface area contributed by atoms with Crippen LogP contribution < -0.4 is 10.2 Å². The van der Waals surface area contributed by atoms with Crippen LogP contribution in [0, 0.1) is 29.1 Å². The van der Waals surface area contributed by atoms with Crippen LogP contribution in [0.15, 0.2) is 0 Å². The topological polar surface area (TPSA) is 80.3 Å². The molecule has 0 aromatic heterocycles. The molecule has 4 unspecified atom stereocenters. The zero-order valence-electron chi connectivity index (χ0n) is 9.69. The summed E-state index contributed by atoms with van der Waals surface area (Å²) in [7, 11) is 0. The molecule has 0 amide bonds. The van der Waals surface area contributed by atoms with E-state index in [2.05, 4.69) is 0 Å². The van der Waals surface area contributed by atoms with Crippen molar-refractivity contribution in [3.8, 4) is 0 Å². The van der Waals surface area contributed by atoms with Gasteiger partial charge in [-0.05, 0) is 55.8 Å². The molecule has 4 nitrogen and oxygen atoms in total. The van der Waals surface area contributed by atoms with Crippen molar-refractivity contribution in [2.45, 2.75) is 32.1 Å². The van der Waals surface area contributed by atoms with Crippen LogP contribution in [0.5, 0.6) is 0 Å². The monoisotopic (exact) mass is 286 g/mol. The SMILES string of the molecule is O=C([O-])C1(C(=O)[O-])CCC2C3CCC(C3)C21.[Zn]. The third kappa shape index (κ3) is 1.44. The Bertz CT molecular complexity index is 354. The number of carboxylic acid groups (broad SMARTS) is 2. The van der Waals surface area contributed by atoms with Crippen LogP contribution in [-0.4, -0.2) is 11.9 Å². The predicted octanol–water partition coefficient (Wildman–Crippen LogP) is -1.07. The van der Waals surface area contributed by atoms with E-state index in [0.29, 0.717) is 12.3 Å². The maximum Gasteiger partial charge on any atom is 0.0535 e. The van der Waals surface area contributed by atoms with Crippen molar-refractivity contribution in [2.24, 2.45) is 29.1 Å². The minimum Gasteiger partial charge on any atom is -0.549 e. The standard InChI is InChI=1S/C12H16O4.Zn/c13-10(14)12(11(15)16)4-3-8-6-1-2-7(5-6)9(8)12;/h6-9H,1-5H2,(H,13,14)(H,15,16);/p-2. The molecule has 90 valence electrons. The first-order valence-corrected chi connectivity index (χ1v) is 6.00. The number of hydrogen-bond acceptors (Lipinski definition) is 4. The second kappa shape index (κ2) is 4.05. The summed E-state index contributed by atoms with van der Waals surface area (Å²) in [6.07, 6.45) is 4.06. The Morgan fingerprint density at radius 1 is 1.00 bits per heavy atom. The molecule has 0 aliphatic heterocycles. The Morgan fingerprint density at radius 3 is 2.18 bits per heavy atom. The number of fused-ring (bicyclic) bond motifs is 5. The van der Waals surface area contributed by atoms with Crippen molar-refractivity contribution in [3.05, 3.63) is 0 Å². The normalized spacial score (nSPS) is 40.7. The first-order chi connectivity index (χ1) is 7.57. The van der Waals surface area contributed by atoms with Crippen LogP contribution in [0.2, 0.25) is 0 Å². The van der Waals surface area contributed by atoms with E-state index >= 15 is 0 Å². The maximum absolute atomic E-state index is 11.3. The molecule has 3 saturated carbocycles. The summed E-state index contributed by atoms with van der Waals surface area (Å²) in [6, 6.07) is 0. The van der Waals surface area contributed by atoms with Crippen LogP contribution in [0.25, 0.3) is 0 Å². The molecular weight excluding hydrogens is 274 g/mol. The van der Waals surface area contributed by atoms with Crippen molar-refractivity contribution in [3.63, 3.8) is 0 Å². The number of carbonyl (C=O) groups excluding carboxylic acids is 2. The molecule has 3 aliphatic carbocycles. The first kappa shape index (κ1) is 13.0. The summed E-state index contributed by atoms with van der Waals surface area (Å²) < 4.78 is 0. The van der Waals surface area contributed by atoms with Crippen LogP contribution in [0.1, 0.15) is 32.1 Å². The molecule has 5 heteroatoms. The van der Waals surface area contributed by atoms with E-state index in [-0.39, 0.29) is 43.7 Å². The number of carboxylic acids is 2. The van der Waals surface area contributed by atoms with Crippen LogP contribution in [0.4, 0.5) is 0 Å². The van der Waals surface area contributed by atoms with Crippen molar-refractivity contribution in [2.75, 3.05) is 0 Å². The summed E-state index contributed by atoms with van der Waals surface area (Å²) in [5.74, 6) is -1.96. The molecule has 4 atom stereocenters. The van der Waals surface area contributed by atoms with E-state index in [9.17, 15) is 19.8 Å². The second-order valence-corrected chi connectivity index (χ2v) is 5.61. The fourth-order valence-corrected chi connectivity index (χ4v) is 4.71. The van der Waals surface area contributed by atoms with Gasteiger partial charge in [-0.1, -0.05) is 0 Å². The van der Waals surface area contributed by atoms with Gasteiger partial charge in [0.1, 0.15) is 0 Å². The molecular formula is C12H14O4Zn-2. The van der Waals surface area contributed by atoms with Crippen molar-refractivity contribution in [1.29, 1.82) is 0 Å². The minimum absolute atomic E-state index is 0. The Labute approximate surface area is 113 Å². The molecule has 3 aliphatic rings. The summed E-state index contributed by atoms with van der Waals surface area (Å²) in [5, 5.41) is 22.5. The fourth-order valence-electron chi connectivity index (χ4n) is 4.71. The largest absolute Gasteiger partial charge is 0.549 e. The minimum atomic E-state index is -1.69. The number of carbonyl (C=O) groups is 2. The van der Waals surface area contributed by atoms with Crippen LogP contribution >= 0.6 is 0 Å². The first-order valence-electron chi connectivity index (χ1n) is 6.00. The number of rotatable bonds is 2. The van der Waals surface area contributed by atoms with Crippen LogP contribution in [0.3, 0.4) is 0 Å². The summed E-state index contributed by atoms with van der Waals surface area (Å²) in [4.78, 5) is 22.5. The molecule has 0 spiro atoms. The zero-order chi connectivity index (χ0) is 11.5. The molecule has 17 heavy (non-hydrogen) atoms. The van der Waals surface area contributed by atoms with Crippen molar-refractivity contribution in [1.82, 2.24) is 0 Å². The van der Waals surface area contributed by atoms with Gasteiger partial charge in [0.25, 0.3) is 0 Å². The average molecular weight is 288 g/mol.